The predicted molar refractivity (Wildman–Crippen MR) is 59.9 cm³/mol. The summed E-state index contributed by atoms with van der Waals surface area (Å²) in [6, 6.07) is 8.36. The van der Waals surface area contributed by atoms with Crippen molar-refractivity contribution in [1.82, 2.24) is 4.58 Å². The minimum atomic E-state index is -4.53. The Hall–Kier alpha value is -1.65. The van der Waals surface area contributed by atoms with Gasteiger partial charge in [0.2, 0.25) is 5.72 Å². The van der Waals surface area contributed by atoms with Gasteiger partial charge in [0.05, 0.1) is 6.20 Å². The zero-order chi connectivity index (χ0) is 13.2. The summed E-state index contributed by atoms with van der Waals surface area (Å²) in [5.41, 5.74) is -1.20. The molecule has 1 aliphatic rings. The third-order valence-corrected chi connectivity index (χ3v) is 3.15. The number of hydrazine groups is 1. The highest BCUT2D eigenvalue weighted by atomic mass is 32.2. The third-order valence-electron chi connectivity index (χ3n) is 2.22. The Balaban J connectivity index is 2.42. The first-order valence-corrected chi connectivity index (χ1v) is 6.17. The van der Waals surface area contributed by atoms with Gasteiger partial charge in [-0.2, -0.15) is 13.5 Å². The number of nitrogens with two attached hydrogens (primary N) is 1. The molecular formula is C9H10N4O4S. The van der Waals surface area contributed by atoms with E-state index in [4.69, 9.17) is 15.2 Å². The number of hydrogen-bond donors (Lipinski definition) is 2. The van der Waals surface area contributed by atoms with E-state index in [1.54, 1.807) is 30.3 Å². The summed E-state index contributed by atoms with van der Waals surface area (Å²) in [6.07, 6.45) is 2.63. The maximum Gasteiger partial charge on any atom is 0.377 e. The standard InChI is InChI=1S/C9H10N4O4S/c10-13(14)18(15,16)17-9(6-7-11-12-9)8-4-2-1-3-5-8/h1-7,14H,10H2. The van der Waals surface area contributed by atoms with Gasteiger partial charge >= 0.3 is 10.3 Å². The third kappa shape index (κ3) is 2.30. The quantitative estimate of drug-likeness (QED) is 0.615. The molecule has 3 N–H and O–H groups in total. The number of nitrogens with zero attached hydrogens (tertiary/aromatic N) is 3. The molecular weight excluding hydrogens is 260 g/mol. The summed E-state index contributed by atoms with van der Waals surface area (Å²) in [4.78, 5) is 0. The zero-order valence-corrected chi connectivity index (χ0v) is 9.86. The molecule has 1 atom stereocenters. The maximum atomic E-state index is 11.5. The lowest BCUT2D eigenvalue weighted by Crippen LogP contribution is -2.40. The molecule has 0 fully saturated rings. The van der Waals surface area contributed by atoms with Crippen molar-refractivity contribution in [3.05, 3.63) is 48.2 Å². The van der Waals surface area contributed by atoms with Crippen LogP contribution in [0.1, 0.15) is 5.56 Å². The predicted octanol–water partition coefficient (Wildman–Crippen LogP) is 0.645. The van der Waals surface area contributed by atoms with Crippen molar-refractivity contribution in [2.24, 2.45) is 16.1 Å². The fourth-order valence-corrected chi connectivity index (χ4v) is 1.99. The molecule has 1 aromatic carbocycles. The lowest BCUT2D eigenvalue weighted by molar-refractivity contribution is -0.0250. The van der Waals surface area contributed by atoms with E-state index < -0.39 is 20.6 Å². The number of azo groups is 1. The van der Waals surface area contributed by atoms with Crippen molar-refractivity contribution in [3.8, 4) is 0 Å². The summed E-state index contributed by atoms with van der Waals surface area (Å²) in [7, 11) is -4.53. The lowest BCUT2D eigenvalue weighted by atomic mass is 10.0. The second-order valence-electron chi connectivity index (χ2n) is 3.41. The summed E-state index contributed by atoms with van der Waals surface area (Å²) >= 11 is 0. The molecule has 0 aliphatic carbocycles. The van der Waals surface area contributed by atoms with Crippen LogP contribution in [0.5, 0.6) is 0 Å². The zero-order valence-electron chi connectivity index (χ0n) is 9.04. The molecule has 1 aliphatic heterocycles. The number of rotatable bonds is 4. The van der Waals surface area contributed by atoms with Crippen LogP contribution < -0.4 is 5.84 Å². The molecule has 9 heteroatoms. The summed E-state index contributed by atoms with van der Waals surface area (Å²) in [5.74, 6) is 4.76. The van der Waals surface area contributed by atoms with Crippen LogP contribution in [0, 0.1) is 0 Å². The molecule has 0 amide bonds. The van der Waals surface area contributed by atoms with Gasteiger partial charge in [-0.25, -0.2) is 10.0 Å². The molecule has 0 bridgehead atoms. The topological polar surface area (TPSA) is 118 Å². The van der Waals surface area contributed by atoms with Crippen molar-refractivity contribution < 1.29 is 17.8 Å². The molecule has 1 heterocycles. The Labute approximate surface area is 103 Å². The van der Waals surface area contributed by atoms with Crippen LogP contribution in [0.2, 0.25) is 0 Å². The largest absolute Gasteiger partial charge is 0.377 e. The van der Waals surface area contributed by atoms with Crippen LogP contribution in [0.4, 0.5) is 0 Å². The molecule has 8 nitrogen and oxygen atoms in total. The Morgan fingerprint density at radius 3 is 2.50 bits per heavy atom. The molecule has 2 rings (SSSR count). The molecule has 0 aromatic heterocycles. The van der Waals surface area contributed by atoms with Gasteiger partial charge in [0.15, 0.2) is 0 Å². The first-order chi connectivity index (χ1) is 8.46. The molecule has 0 spiro atoms. The van der Waals surface area contributed by atoms with E-state index in [0.717, 1.165) is 0 Å². The Bertz CT molecular complexity index is 570. The second kappa shape index (κ2) is 4.55. The molecule has 0 radical (unpaired) electrons. The van der Waals surface area contributed by atoms with Gasteiger partial charge in [-0.1, -0.05) is 30.3 Å². The number of benzene rings is 1. The smallest absolute Gasteiger partial charge is 0.284 e. The van der Waals surface area contributed by atoms with E-state index in [1.165, 1.54) is 12.3 Å². The Kier molecular flexibility index (Phi) is 3.24. The fraction of sp³-hybridized carbons (Fsp3) is 0.111. The van der Waals surface area contributed by atoms with Gasteiger partial charge < -0.3 is 0 Å². The number of hydrogen-bond acceptors (Lipinski definition) is 7. The van der Waals surface area contributed by atoms with E-state index in [-0.39, 0.29) is 0 Å². The monoisotopic (exact) mass is 270 g/mol. The SMILES string of the molecule is NN(O)S(=O)(=O)OC1(c2ccccc2)C=CN=N1. The lowest BCUT2D eigenvalue weighted by Gasteiger charge is -2.23. The first kappa shape index (κ1) is 12.8. The minimum Gasteiger partial charge on any atom is -0.284 e. The van der Waals surface area contributed by atoms with Crippen molar-refractivity contribution >= 4 is 10.3 Å². The van der Waals surface area contributed by atoms with Gasteiger partial charge in [-0.05, 0) is 6.08 Å². The molecule has 0 saturated heterocycles. The Morgan fingerprint density at radius 2 is 2.00 bits per heavy atom. The average molecular weight is 270 g/mol. The maximum absolute atomic E-state index is 11.5. The first-order valence-electron chi connectivity index (χ1n) is 4.81. The highest BCUT2D eigenvalue weighted by Gasteiger charge is 2.40. The van der Waals surface area contributed by atoms with Crippen LogP contribution in [-0.4, -0.2) is 18.2 Å². The van der Waals surface area contributed by atoms with E-state index in [0.29, 0.717) is 5.56 Å². The second-order valence-corrected chi connectivity index (χ2v) is 4.80. The van der Waals surface area contributed by atoms with Crippen LogP contribution in [0.25, 0.3) is 0 Å². The molecule has 1 unspecified atom stereocenters. The Morgan fingerprint density at radius 1 is 1.33 bits per heavy atom. The molecule has 1 aromatic rings. The van der Waals surface area contributed by atoms with Crippen molar-refractivity contribution in [1.29, 1.82) is 0 Å². The van der Waals surface area contributed by atoms with Gasteiger partial charge in [0.1, 0.15) is 0 Å². The van der Waals surface area contributed by atoms with Crippen LogP contribution in [-0.2, 0) is 20.2 Å². The molecule has 18 heavy (non-hydrogen) atoms. The molecule has 0 saturated carbocycles. The van der Waals surface area contributed by atoms with Crippen LogP contribution >= 0.6 is 0 Å². The molecule has 96 valence electrons. The van der Waals surface area contributed by atoms with Crippen molar-refractivity contribution in [3.63, 3.8) is 0 Å². The van der Waals surface area contributed by atoms with Gasteiger partial charge in [-0.3, -0.25) is 5.21 Å². The van der Waals surface area contributed by atoms with Gasteiger partial charge in [0.25, 0.3) is 0 Å². The van der Waals surface area contributed by atoms with Gasteiger partial charge in [0, 0.05) is 10.1 Å². The van der Waals surface area contributed by atoms with E-state index >= 15 is 0 Å². The van der Waals surface area contributed by atoms with Crippen LogP contribution in [0.15, 0.2) is 52.8 Å². The van der Waals surface area contributed by atoms with Gasteiger partial charge in [-0.15, -0.1) is 5.11 Å². The summed E-state index contributed by atoms with van der Waals surface area (Å²) < 4.78 is 27.2. The van der Waals surface area contributed by atoms with E-state index in [9.17, 15) is 8.42 Å². The van der Waals surface area contributed by atoms with Crippen molar-refractivity contribution in [2.45, 2.75) is 5.72 Å². The van der Waals surface area contributed by atoms with E-state index in [2.05, 4.69) is 10.2 Å². The highest BCUT2D eigenvalue weighted by molar-refractivity contribution is 7.84. The summed E-state index contributed by atoms with van der Waals surface area (Å²) in [5, 5.41) is 16.1. The normalized spacial score (nSPS) is 22.8. The van der Waals surface area contributed by atoms with E-state index in [1.807, 2.05) is 0 Å². The summed E-state index contributed by atoms with van der Waals surface area (Å²) in [6.45, 7) is 0. The fourth-order valence-electron chi connectivity index (χ4n) is 1.41. The highest BCUT2D eigenvalue weighted by Crippen LogP contribution is 2.34. The minimum absolute atomic E-state index is 0.438. The van der Waals surface area contributed by atoms with Crippen LogP contribution in [0.3, 0.4) is 0 Å². The van der Waals surface area contributed by atoms with Crippen molar-refractivity contribution in [2.75, 3.05) is 0 Å². The average Bonchev–Trinajstić information content (AvgIpc) is 2.79.